The zero-order chi connectivity index (χ0) is 17.7. The van der Waals surface area contributed by atoms with Crippen molar-refractivity contribution < 1.29 is 22.8 Å². The van der Waals surface area contributed by atoms with Gasteiger partial charge in [-0.1, -0.05) is 30.3 Å². The van der Waals surface area contributed by atoms with Gasteiger partial charge in [-0.15, -0.1) is 0 Å². The summed E-state index contributed by atoms with van der Waals surface area (Å²) in [5.41, 5.74) is 1.14. The van der Waals surface area contributed by atoms with E-state index in [1.54, 1.807) is 0 Å². The van der Waals surface area contributed by atoms with Gasteiger partial charge in [0.05, 0.1) is 6.61 Å². The summed E-state index contributed by atoms with van der Waals surface area (Å²) in [6.07, 6.45) is 1.79. The molecule has 0 amide bonds. The maximum Gasteiger partial charge on any atom is 0.501 e. The molecule has 0 aliphatic carbocycles. The van der Waals surface area contributed by atoms with Gasteiger partial charge in [0.1, 0.15) is 0 Å². The van der Waals surface area contributed by atoms with Gasteiger partial charge in [-0.2, -0.15) is 0 Å². The molecule has 1 aromatic carbocycles. The van der Waals surface area contributed by atoms with Gasteiger partial charge in [-0.3, -0.25) is 4.79 Å². The molecule has 0 aliphatic rings. The summed E-state index contributed by atoms with van der Waals surface area (Å²) in [7, 11) is -2.63. The molecule has 5 nitrogen and oxygen atoms in total. The molecule has 0 heterocycles. The van der Waals surface area contributed by atoms with E-state index in [0.717, 1.165) is 5.56 Å². The molecular weight excluding hydrogens is 324 g/mol. The van der Waals surface area contributed by atoms with Crippen molar-refractivity contribution in [3.8, 4) is 0 Å². The summed E-state index contributed by atoms with van der Waals surface area (Å²) in [6, 6.07) is 10.6. The van der Waals surface area contributed by atoms with Crippen LogP contribution in [0.2, 0.25) is 6.04 Å². The van der Waals surface area contributed by atoms with Crippen molar-refractivity contribution in [3.05, 3.63) is 35.9 Å². The van der Waals surface area contributed by atoms with E-state index in [1.165, 1.54) is 0 Å². The Labute approximate surface area is 146 Å². The van der Waals surface area contributed by atoms with E-state index in [1.807, 2.05) is 51.1 Å². The lowest BCUT2D eigenvalue weighted by atomic mass is 10.1. The molecule has 1 aromatic rings. The van der Waals surface area contributed by atoms with Crippen LogP contribution in [0.1, 0.15) is 39.2 Å². The summed E-state index contributed by atoms with van der Waals surface area (Å²) in [4.78, 5) is 11.8. The molecule has 24 heavy (non-hydrogen) atoms. The molecule has 0 radical (unpaired) electrons. The van der Waals surface area contributed by atoms with Crippen molar-refractivity contribution in [1.82, 2.24) is 0 Å². The van der Waals surface area contributed by atoms with Crippen LogP contribution in [0, 0.1) is 0 Å². The van der Waals surface area contributed by atoms with Gasteiger partial charge in [-0.25, -0.2) is 0 Å². The third-order valence-electron chi connectivity index (χ3n) is 3.44. The Morgan fingerprint density at radius 1 is 0.958 bits per heavy atom. The zero-order valence-electron chi connectivity index (χ0n) is 15.1. The minimum atomic E-state index is -2.63. The molecule has 0 atom stereocenters. The van der Waals surface area contributed by atoms with E-state index in [2.05, 4.69) is 0 Å². The zero-order valence-corrected chi connectivity index (χ0v) is 16.1. The van der Waals surface area contributed by atoms with Crippen LogP contribution in [0.3, 0.4) is 0 Å². The molecule has 0 aliphatic heterocycles. The number of ether oxygens (including phenoxy) is 1. The number of aryl methyl sites for hydroxylation is 1. The fraction of sp³-hybridized carbons (Fsp3) is 0.611. The highest BCUT2D eigenvalue weighted by Gasteiger charge is 2.39. The van der Waals surface area contributed by atoms with Gasteiger partial charge < -0.3 is 18.0 Å². The summed E-state index contributed by atoms with van der Waals surface area (Å²) in [6.45, 7) is 7.85. The number of benzene rings is 1. The lowest BCUT2D eigenvalue weighted by molar-refractivity contribution is -0.143. The molecule has 0 fully saturated rings. The average Bonchev–Trinajstić information content (AvgIpc) is 2.59. The molecule has 0 N–H and O–H groups in total. The van der Waals surface area contributed by atoms with E-state index < -0.39 is 8.80 Å². The Morgan fingerprint density at radius 2 is 1.54 bits per heavy atom. The maximum absolute atomic E-state index is 11.8. The van der Waals surface area contributed by atoms with Crippen LogP contribution in [-0.4, -0.2) is 41.2 Å². The Bertz CT molecular complexity index is 435. The van der Waals surface area contributed by atoms with Crippen molar-refractivity contribution in [2.45, 2.75) is 46.1 Å². The number of hydrogen-bond acceptors (Lipinski definition) is 5. The average molecular weight is 355 g/mol. The van der Waals surface area contributed by atoms with Gasteiger partial charge in [0, 0.05) is 32.3 Å². The molecule has 1 rings (SSSR count). The molecule has 0 spiro atoms. The Morgan fingerprint density at radius 3 is 2.08 bits per heavy atom. The molecule has 0 unspecified atom stereocenters. The van der Waals surface area contributed by atoms with Gasteiger partial charge in [-0.05, 0) is 39.2 Å². The highest BCUT2D eigenvalue weighted by atomic mass is 28.4. The van der Waals surface area contributed by atoms with E-state index in [-0.39, 0.29) is 5.97 Å². The standard InChI is InChI=1S/C18H30O5Si/c1-4-21-24(22-5-2,23-6-3)16-10-15-20-18(19)14-13-17-11-8-7-9-12-17/h7-9,11-12H,4-6,10,13-16H2,1-3H3. The smallest absolute Gasteiger partial charge is 0.466 e. The maximum atomic E-state index is 11.8. The molecule has 0 aromatic heterocycles. The third kappa shape index (κ3) is 8.05. The van der Waals surface area contributed by atoms with E-state index in [4.69, 9.17) is 18.0 Å². The van der Waals surface area contributed by atoms with E-state index >= 15 is 0 Å². The minimum absolute atomic E-state index is 0.171. The van der Waals surface area contributed by atoms with Crippen LogP contribution in [-0.2, 0) is 29.2 Å². The minimum Gasteiger partial charge on any atom is -0.466 e. The first-order chi connectivity index (χ1) is 11.7. The molecule has 0 saturated carbocycles. The molecular formula is C18H30O5Si. The highest BCUT2D eigenvalue weighted by molar-refractivity contribution is 6.60. The second kappa shape index (κ2) is 12.2. The van der Waals surface area contributed by atoms with Crippen molar-refractivity contribution in [3.63, 3.8) is 0 Å². The first-order valence-electron chi connectivity index (χ1n) is 8.77. The Balaban J connectivity index is 2.29. The number of rotatable bonds is 13. The van der Waals surface area contributed by atoms with Gasteiger partial charge >= 0.3 is 14.8 Å². The normalized spacial score (nSPS) is 11.5. The topological polar surface area (TPSA) is 54.0 Å². The van der Waals surface area contributed by atoms with Gasteiger partial charge in [0.15, 0.2) is 0 Å². The lowest BCUT2D eigenvalue weighted by Gasteiger charge is -2.28. The van der Waals surface area contributed by atoms with Crippen LogP contribution < -0.4 is 0 Å². The van der Waals surface area contributed by atoms with Crippen LogP contribution in [0.15, 0.2) is 30.3 Å². The molecule has 0 bridgehead atoms. The largest absolute Gasteiger partial charge is 0.501 e. The van der Waals surface area contributed by atoms with Crippen LogP contribution in [0.4, 0.5) is 0 Å². The van der Waals surface area contributed by atoms with Crippen LogP contribution in [0.25, 0.3) is 0 Å². The summed E-state index contributed by atoms with van der Waals surface area (Å²) < 4.78 is 22.6. The first kappa shape index (κ1) is 20.8. The Hall–Kier alpha value is -1.21. The third-order valence-corrected chi connectivity index (χ3v) is 6.60. The SMILES string of the molecule is CCO[Si](CCCOC(=O)CCc1ccccc1)(OCC)OCC. The second-order valence-electron chi connectivity index (χ2n) is 5.29. The molecule has 6 heteroatoms. The van der Waals surface area contributed by atoms with Crippen molar-refractivity contribution in [2.24, 2.45) is 0 Å². The number of carbonyl (C=O) groups excluding carboxylic acids is 1. The van der Waals surface area contributed by atoms with Crippen LogP contribution >= 0.6 is 0 Å². The van der Waals surface area contributed by atoms with Gasteiger partial charge in [0.25, 0.3) is 0 Å². The first-order valence-corrected chi connectivity index (χ1v) is 10.7. The molecule has 0 saturated heterocycles. The number of carbonyl (C=O) groups is 1. The van der Waals surface area contributed by atoms with Crippen LogP contribution in [0.5, 0.6) is 0 Å². The van der Waals surface area contributed by atoms with Crippen molar-refractivity contribution in [2.75, 3.05) is 26.4 Å². The van der Waals surface area contributed by atoms with Gasteiger partial charge in [0.2, 0.25) is 0 Å². The lowest BCUT2D eigenvalue weighted by Crippen LogP contribution is -2.46. The number of hydrogen-bond donors (Lipinski definition) is 0. The van der Waals surface area contributed by atoms with Crippen molar-refractivity contribution in [1.29, 1.82) is 0 Å². The predicted molar refractivity (Wildman–Crippen MR) is 95.8 cm³/mol. The summed E-state index contributed by atoms with van der Waals surface area (Å²) >= 11 is 0. The summed E-state index contributed by atoms with van der Waals surface area (Å²) in [5, 5.41) is 0. The quantitative estimate of drug-likeness (QED) is 0.308. The molecule has 136 valence electrons. The fourth-order valence-corrected chi connectivity index (χ4v) is 5.02. The Kier molecular flexibility index (Phi) is 10.6. The van der Waals surface area contributed by atoms with E-state index in [9.17, 15) is 4.79 Å². The predicted octanol–water partition coefficient (Wildman–Crippen LogP) is 3.60. The van der Waals surface area contributed by atoms with Crippen molar-refractivity contribution >= 4 is 14.8 Å². The van der Waals surface area contributed by atoms with E-state index in [0.29, 0.717) is 51.7 Å². The highest BCUT2D eigenvalue weighted by Crippen LogP contribution is 2.18. The monoisotopic (exact) mass is 354 g/mol. The summed E-state index contributed by atoms with van der Waals surface area (Å²) in [5.74, 6) is -0.171. The fourth-order valence-electron chi connectivity index (χ4n) is 2.44. The second-order valence-corrected chi connectivity index (χ2v) is 8.02. The number of esters is 1.